The van der Waals surface area contributed by atoms with E-state index in [4.69, 9.17) is 0 Å². The summed E-state index contributed by atoms with van der Waals surface area (Å²) in [6.45, 7) is 3.28. The Morgan fingerprint density at radius 2 is 2.00 bits per heavy atom. The van der Waals surface area contributed by atoms with Crippen LogP contribution >= 0.6 is 0 Å². The zero-order chi connectivity index (χ0) is 19.8. The smallest absolute Gasteiger partial charge is 0.270 e. The van der Waals surface area contributed by atoms with Crippen LogP contribution in [0.3, 0.4) is 0 Å². The summed E-state index contributed by atoms with van der Waals surface area (Å²) in [4.78, 5) is 27.5. The summed E-state index contributed by atoms with van der Waals surface area (Å²) < 4.78 is 0. The number of amides is 1. The monoisotopic (exact) mass is 379 g/mol. The van der Waals surface area contributed by atoms with Gasteiger partial charge in [0.2, 0.25) is 0 Å². The molecule has 0 unspecified atom stereocenters. The Kier molecular flexibility index (Phi) is 7.12. The number of allylic oxidation sites excluding steroid dienone is 1. The summed E-state index contributed by atoms with van der Waals surface area (Å²) in [5.41, 5.74) is 3.11. The minimum Gasteiger partial charge on any atom is -0.359 e. The first-order valence-corrected chi connectivity index (χ1v) is 10.0. The van der Waals surface area contributed by atoms with Gasteiger partial charge in [0.05, 0.1) is 0 Å². The Morgan fingerprint density at radius 3 is 2.75 bits per heavy atom. The van der Waals surface area contributed by atoms with Crippen LogP contribution in [0.25, 0.3) is 0 Å². The Balaban J connectivity index is 1.56. The molecule has 3 rings (SSSR count). The summed E-state index contributed by atoms with van der Waals surface area (Å²) in [5.74, 6) is 1.24. The molecular formula is C22H29N5O. The molecule has 0 bridgehead atoms. The van der Waals surface area contributed by atoms with E-state index >= 15 is 0 Å². The van der Waals surface area contributed by atoms with E-state index in [0.29, 0.717) is 18.1 Å². The van der Waals surface area contributed by atoms with Gasteiger partial charge in [-0.05, 0) is 63.1 Å². The quantitative estimate of drug-likeness (QED) is 0.711. The van der Waals surface area contributed by atoms with Crippen molar-refractivity contribution < 1.29 is 4.79 Å². The first-order chi connectivity index (χ1) is 13.6. The van der Waals surface area contributed by atoms with Crippen LogP contribution in [0.5, 0.6) is 0 Å². The molecule has 0 fully saturated rings. The average molecular weight is 380 g/mol. The van der Waals surface area contributed by atoms with E-state index in [1.807, 2.05) is 26.1 Å². The molecule has 0 spiro atoms. The topological polar surface area (TPSA) is 71.0 Å². The number of anilines is 1. The molecule has 6 nitrogen and oxygen atoms in total. The van der Waals surface area contributed by atoms with Gasteiger partial charge in [0.1, 0.15) is 17.3 Å². The van der Waals surface area contributed by atoms with Crippen molar-refractivity contribution in [2.75, 3.05) is 25.0 Å². The first-order valence-electron chi connectivity index (χ1n) is 10.0. The minimum absolute atomic E-state index is 0.134. The second-order valence-electron chi connectivity index (χ2n) is 7.30. The molecular weight excluding hydrogens is 350 g/mol. The third-order valence-electron chi connectivity index (χ3n) is 5.05. The molecule has 0 aromatic carbocycles. The van der Waals surface area contributed by atoms with Gasteiger partial charge in [-0.3, -0.25) is 9.78 Å². The molecule has 0 saturated carbocycles. The number of rotatable bonds is 8. The van der Waals surface area contributed by atoms with Crippen molar-refractivity contribution in [1.82, 2.24) is 20.3 Å². The van der Waals surface area contributed by atoms with Gasteiger partial charge in [-0.2, -0.15) is 0 Å². The highest BCUT2D eigenvalue weighted by atomic mass is 16.1. The zero-order valence-electron chi connectivity index (χ0n) is 16.8. The maximum atomic E-state index is 12.5. The van der Waals surface area contributed by atoms with Crippen molar-refractivity contribution in [3.63, 3.8) is 0 Å². The van der Waals surface area contributed by atoms with E-state index in [-0.39, 0.29) is 5.91 Å². The summed E-state index contributed by atoms with van der Waals surface area (Å²) in [5, 5.41) is 3.00. The second kappa shape index (κ2) is 9.97. The number of aryl methyl sites for hydroxylation is 1. The molecule has 2 heterocycles. The normalized spacial score (nSPS) is 13.7. The first kappa shape index (κ1) is 20.0. The number of likely N-dealkylation sites (N-methyl/N-ethyl adjacent to an activating group) is 1. The molecule has 2 aromatic heterocycles. The lowest BCUT2D eigenvalue weighted by molar-refractivity contribution is 0.0948. The van der Waals surface area contributed by atoms with Gasteiger partial charge in [0.25, 0.3) is 5.91 Å². The predicted molar refractivity (Wildman–Crippen MR) is 111 cm³/mol. The van der Waals surface area contributed by atoms with Crippen molar-refractivity contribution in [3.05, 3.63) is 59.3 Å². The van der Waals surface area contributed by atoms with Crippen LogP contribution in [0.4, 0.5) is 5.82 Å². The van der Waals surface area contributed by atoms with Crippen LogP contribution < -0.4 is 10.2 Å². The maximum Gasteiger partial charge on any atom is 0.270 e. The van der Waals surface area contributed by atoms with Gasteiger partial charge in [-0.1, -0.05) is 11.6 Å². The van der Waals surface area contributed by atoms with Gasteiger partial charge in [0, 0.05) is 38.6 Å². The molecule has 2 aromatic rings. The summed E-state index contributed by atoms with van der Waals surface area (Å²) in [6, 6.07) is 5.80. The Hall–Kier alpha value is -2.76. The highest BCUT2D eigenvalue weighted by Gasteiger charge is 2.13. The zero-order valence-corrected chi connectivity index (χ0v) is 16.8. The summed E-state index contributed by atoms with van der Waals surface area (Å²) >= 11 is 0. The SMILES string of the molecule is Cc1nc(C(=O)NCCC2=CCCCC2)cc(N(C)CCc2ccncc2)n1. The molecule has 148 valence electrons. The molecule has 0 radical (unpaired) electrons. The number of pyridine rings is 1. The molecule has 0 saturated heterocycles. The number of aromatic nitrogens is 3. The Morgan fingerprint density at radius 1 is 1.18 bits per heavy atom. The lowest BCUT2D eigenvalue weighted by atomic mass is 9.97. The number of nitrogens with one attached hydrogen (secondary N) is 1. The Bertz CT molecular complexity index is 819. The van der Waals surface area contributed by atoms with E-state index in [0.717, 1.165) is 31.6 Å². The highest BCUT2D eigenvalue weighted by Crippen LogP contribution is 2.19. The molecule has 1 aliphatic rings. The fraction of sp³-hybridized carbons (Fsp3) is 0.455. The van der Waals surface area contributed by atoms with Gasteiger partial charge in [-0.15, -0.1) is 0 Å². The van der Waals surface area contributed by atoms with Crippen LogP contribution in [-0.2, 0) is 6.42 Å². The van der Waals surface area contributed by atoms with Gasteiger partial charge >= 0.3 is 0 Å². The third kappa shape index (κ3) is 5.87. The number of nitrogens with zero attached hydrogens (tertiary/aromatic N) is 4. The molecule has 1 aliphatic carbocycles. The van der Waals surface area contributed by atoms with Crippen molar-refractivity contribution in [3.8, 4) is 0 Å². The van der Waals surface area contributed by atoms with Gasteiger partial charge < -0.3 is 10.2 Å². The van der Waals surface area contributed by atoms with E-state index < -0.39 is 0 Å². The van der Waals surface area contributed by atoms with Crippen LogP contribution in [0.15, 0.2) is 42.2 Å². The van der Waals surface area contributed by atoms with E-state index in [9.17, 15) is 4.79 Å². The van der Waals surface area contributed by atoms with Crippen LogP contribution in [0.2, 0.25) is 0 Å². The molecule has 28 heavy (non-hydrogen) atoms. The lowest BCUT2D eigenvalue weighted by Crippen LogP contribution is -2.27. The number of carbonyl (C=O) groups is 1. The number of hydrogen-bond acceptors (Lipinski definition) is 5. The third-order valence-corrected chi connectivity index (χ3v) is 5.05. The van der Waals surface area contributed by atoms with E-state index in [1.165, 1.54) is 30.4 Å². The van der Waals surface area contributed by atoms with Crippen molar-refractivity contribution in [2.24, 2.45) is 0 Å². The highest BCUT2D eigenvalue weighted by molar-refractivity contribution is 5.92. The average Bonchev–Trinajstić information content (AvgIpc) is 2.73. The number of hydrogen-bond donors (Lipinski definition) is 1. The number of carbonyl (C=O) groups excluding carboxylic acids is 1. The summed E-state index contributed by atoms with van der Waals surface area (Å²) in [6.07, 6.45) is 12.6. The maximum absolute atomic E-state index is 12.5. The van der Waals surface area contributed by atoms with Crippen molar-refractivity contribution >= 4 is 11.7 Å². The standard InChI is InChI=1S/C22H29N5O/c1-17-25-20(22(28)24-14-10-18-6-4-3-5-7-18)16-21(26-17)27(2)15-11-19-8-12-23-13-9-19/h6,8-9,12-13,16H,3-5,7,10-11,14-15H2,1-2H3,(H,24,28). The van der Waals surface area contributed by atoms with Gasteiger partial charge in [0.15, 0.2) is 0 Å². The fourth-order valence-corrected chi connectivity index (χ4v) is 3.38. The fourth-order valence-electron chi connectivity index (χ4n) is 3.38. The van der Waals surface area contributed by atoms with Gasteiger partial charge in [-0.25, -0.2) is 9.97 Å². The van der Waals surface area contributed by atoms with Crippen LogP contribution in [-0.4, -0.2) is 41.0 Å². The van der Waals surface area contributed by atoms with E-state index in [1.54, 1.807) is 18.5 Å². The van der Waals surface area contributed by atoms with Crippen molar-refractivity contribution in [2.45, 2.75) is 45.4 Å². The van der Waals surface area contributed by atoms with Crippen LogP contribution in [0, 0.1) is 6.92 Å². The summed E-state index contributed by atoms with van der Waals surface area (Å²) in [7, 11) is 1.99. The van der Waals surface area contributed by atoms with E-state index in [2.05, 4.69) is 31.2 Å². The second-order valence-corrected chi connectivity index (χ2v) is 7.30. The Labute approximate surface area is 167 Å². The molecule has 1 N–H and O–H groups in total. The van der Waals surface area contributed by atoms with Crippen molar-refractivity contribution in [1.29, 1.82) is 0 Å². The molecule has 6 heteroatoms. The minimum atomic E-state index is -0.134. The predicted octanol–water partition coefficient (Wildman–Crippen LogP) is 3.48. The molecule has 0 aliphatic heterocycles. The lowest BCUT2D eigenvalue weighted by Gasteiger charge is -2.19. The van der Waals surface area contributed by atoms with Crippen LogP contribution in [0.1, 0.15) is 54.0 Å². The molecule has 1 amide bonds. The molecule has 0 atom stereocenters. The largest absolute Gasteiger partial charge is 0.359 e.